The first kappa shape index (κ1) is 48.5. The minimum atomic E-state index is -4.59. The van der Waals surface area contributed by atoms with Crippen LogP contribution in [0.4, 0.5) is 0 Å². The molecule has 2 N–H and O–H groups in total. The molecule has 0 heterocycles. The molecule has 0 fully saturated rings. The molecular weight excluding hydrogens is 647 g/mol. The Morgan fingerprint density at radius 3 is 1.76 bits per heavy atom. The molecule has 0 bridgehead atoms. The highest BCUT2D eigenvalue weighted by Gasteiger charge is 2.23. The lowest BCUT2D eigenvalue weighted by Gasteiger charge is -2.29. The van der Waals surface area contributed by atoms with Crippen molar-refractivity contribution in [3.63, 3.8) is 0 Å². The summed E-state index contributed by atoms with van der Waals surface area (Å²) in [4.78, 5) is 25.2. The summed E-state index contributed by atoms with van der Waals surface area (Å²) >= 11 is 0. The SMILES string of the molecule is CCC/C=C/CCCCCCCC/C=C/[C@@H](O)[C@H](COP(=O)([O-])OCC[N+](C)(C)C)NC(=O)CCCCCCC/C=C/C/C=C/CCCCC. The van der Waals surface area contributed by atoms with E-state index in [0.717, 1.165) is 64.2 Å². The van der Waals surface area contributed by atoms with E-state index in [2.05, 4.69) is 55.6 Å². The first-order valence-electron chi connectivity index (χ1n) is 20.0. The molecule has 0 aromatic carbocycles. The van der Waals surface area contributed by atoms with Crippen LogP contribution in [0.3, 0.4) is 0 Å². The number of carbonyl (C=O) groups excluding carboxylic acids is 1. The van der Waals surface area contributed by atoms with Gasteiger partial charge in [-0.05, 0) is 70.6 Å². The molecule has 0 saturated heterocycles. The maximum atomic E-state index is 12.8. The minimum Gasteiger partial charge on any atom is -0.756 e. The number of hydrogen-bond donors (Lipinski definition) is 2. The normalized spacial score (nSPS) is 15.1. The summed E-state index contributed by atoms with van der Waals surface area (Å²) in [5.41, 5.74) is 0. The molecular formula is C41H77N2O6P. The van der Waals surface area contributed by atoms with E-state index in [0.29, 0.717) is 17.4 Å². The standard InChI is InChI=1S/C41H77N2O6P/c1-6-8-10-12-14-16-18-20-21-23-25-27-29-31-33-35-41(45)42-39(38-49-50(46,47)48-37-36-43(3,4)5)40(44)34-32-30-28-26-24-22-19-17-15-13-11-9-7-2/h11,13-14,16,20-21,32,34,39-40,44H,6-10,12,15,17-19,22-31,33,35-38H2,1-5H3,(H-,42,45,46,47)/b13-11+,16-14+,21-20+,34-32+/t39-,40+/m0/s1. The highest BCUT2D eigenvalue weighted by Crippen LogP contribution is 2.38. The number of likely N-dealkylation sites (N-methyl/N-ethyl adjacent to an activating group) is 1. The van der Waals surface area contributed by atoms with Crippen LogP contribution in [0, 0.1) is 0 Å². The average molecular weight is 725 g/mol. The van der Waals surface area contributed by atoms with E-state index in [-0.39, 0.29) is 12.5 Å². The molecule has 0 aromatic rings. The van der Waals surface area contributed by atoms with Crippen LogP contribution in [0.2, 0.25) is 0 Å². The number of unbranched alkanes of at least 4 members (excludes halogenated alkanes) is 16. The monoisotopic (exact) mass is 725 g/mol. The summed E-state index contributed by atoms with van der Waals surface area (Å²) in [6.07, 6.45) is 40.0. The van der Waals surface area contributed by atoms with Gasteiger partial charge in [0, 0.05) is 6.42 Å². The number of nitrogens with zero attached hydrogens (tertiary/aromatic N) is 1. The molecule has 0 rings (SSSR count). The van der Waals surface area contributed by atoms with Gasteiger partial charge in [0.2, 0.25) is 5.91 Å². The fourth-order valence-electron chi connectivity index (χ4n) is 5.24. The van der Waals surface area contributed by atoms with E-state index in [9.17, 15) is 19.4 Å². The molecule has 0 spiro atoms. The van der Waals surface area contributed by atoms with Gasteiger partial charge in [-0.25, -0.2) is 0 Å². The number of amides is 1. The van der Waals surface area contributed by atoms with Crippen molar-refractivity contribution in [3.8, 4) is 0 Å². The van der Waals surface area contributed by atoms with Crippen LogP contribution >= 0.6 is 7.82 Å². The van der Waals surface area contributed by atoms with E-state index in [1.165, 1.54) is 70.6 Å². The molecule has 0 aliphatic heterocycles. The van der Waals surface area contributed by atoms with Crippen molar-refractivity contribution < 1.29 is 32.9 Å². The van der Waals surface area contributed by atoms with Gasteiger partial charge < -0.3 is 28.8 Å². The number of phosphoric acid groups is 1. The number of aliphatic hydroxyl groups is 1. The van der Waals surface area contributed by atoms with Crippen molar-refractivity contribution >= 4 is 13.7 Å². The number of quaternary nitrogens is 1. The summed E-state index contributed by atoms with van der Waals surface area (Å²) in [6.45, 7) is 4.52. The Bertz CT molecular complexity index is 959. The Morgan fingerprint density at radius 1 is 0.700 bits per heavy atom. The highest BCUT2D eigenvalue weighted by molar-refractivity contribution is 7.45. The molecule has 3 atom stereocenters. The average Bonchev–Trinajstić information content (AvgIpc) is 3.06. The topological polar surface area (TPSA) is 108 Å². The van der Waals surface area contributed by atoms with Crippen molar-refractivity contribution in [2.45, 2.75) is 167 Å². The van der Waals surface area contributed by atoms with Gasteiger partial charge in [0.25, 0.3) is 7.82 Å². The molecule has 0 saturated carbocycles. The van der Waals surface area contributed by atoms with Gasteiger partial charge in [-0.3, -0.25) is 9.36 Å². The fraction of sp³-hybridized carbons (Fsp3) is 0.780. The highest BCUT2D eigenvalue weighted by atomic mass is 31.2. The lowest BCUT2D eigenvalue weighted by molar-refractivity contribution is -0.870. The maximum absolute atomic E-state index is 12.8. The second kappa shape index (κ2) is 33.3. The Labute approximate surface area is 308 Å². The predicted octanol–water partition coefficient (Wildman–Crippen LogP) is 9.89. The Hall–Kier alpha value is -1.54. The fourth-order valence-corrected chi connectivity index (χ4v) is 5.96. The van der Waals surface area contributed by atoms with E-state index in [1.54, 1.807) is 6.08 Å². The second-order valence-corrected chi connectivity index (χ2v) is 16.0. The lowest BCUT2D eigenvalue weighted by Crippen LogP contribution is -2.45. The van der Waals surface area contributed by atoms with Gasteiger partial charge in [-0.15, -0.1) is 0 Å². The third kappa shape index (κ3) is 34.9. The molecule has 0 aliphatic rings. The zero-order valence-corrected chi connectivity index (χ0v) is 33.7. The van der Waals surface area contributed by atoms with Crippen molar-refractivity contribution in [1.82, 2.24) is 5.32 Å². The number of phosphoric ester groups is 1. The number of allylic oxidation sites excluding steroid dienone is 7. The Morgan fingerprint density at radius 2 is 1.20 bits per heavy atom. The van der Waals surface area contributed by atoms with Crippen LogP contribution in [0.5, 0.6) is 0 Å². The molecule has 8 nitrogen and oxygen atoms in total. The maximum Gasteiger partial charge on any atom is 0.268 e. The Kier molecular flexibility index (Phi) is 32.3. The van der Waals surface area contributed by atoms with Gasteiger partial charge in [-0.2, -0.15) is 0 Å². The van der Waals surface area contributed by atoms with Gasteiger partial charge >= 0.3 is 0 Å². The van der Waals surface area contributed by atoms with Crippen LogP contribution < -0.4 is 10.2 Å². The van der Waals surface area contributed by atoms with E-state index >= 15 is 0 Å². The zero-order chi connectivity index (χ0) is 37.2. The lowest BCUT2D eigenvalue weighted by atomic mass is 10.1. The number of rotatable bonds is 35. The minimum absolute atomic E-state index is 0.00735. The quantitative estimate of drug-likeness (QED) is 0.0292. The molecule has 0 aromatic heterocycles. The van der Waals surface area contributed by atoms with Crippen molar-refractivity contribution in [2.75, 3.05) is 40.9 Å². The van der Waals surface area contributed by atoms with Crippen LogP contribution in [-0.4, -0.2) is 68.5 Å². The molecule has 1 amide bonds. The Balaban J connectivity index is 4.55. The third-order valence-corrected chi connectivity index (χ3v) is 9.45. The molecule has 0 radical (unpaired) electrons. The van der Waals surface area contributed by atoms with E-state index < -0.39 is 26.6 Å². The molecule has 1 unspecified atom stereocenters. The first-order chi connectivity index (χ1) is 24.0. The van der Waals surface area contributed by atoms with Crippen molar-refractivity contribution in [1.29, 1.82) is 0 Å². The van der Waals surface area contributed by atoms with Gasteiger partial charge in [0.15, 0.2) is 0 Å². The summed E-state index contributed by atoms with van der Waals surface area (Å²) in [5, 5.41) is 13.7. The van der Waals surface area contributed by atoms with Crippen molar-refractivity contribution in [2.24, 2.45) is 0 Å². The summed E-state index contributed by atoms with van der Waals surface area (Å²) < 4.78 is 23.1. The zero-order valence-electron chi connectivity index (χ0n) is 32.8. The van der Waals surface area contributed by atoms with E-state index in [4.69, 9.17) is 9.05 Å². The number of aliphatic hydroxyl groups excluding tert-OH is 1. The second-order valence-electron chi connectivity index (χ2n) is 14.6. The summed E-state index contributed by atoms with van der Waals surface area (Å²) in [6, 6.07) is -0.896. The van der Waals surface area contributed by atoms with Crippen LogP contribution in [0.15, 0.2) is 48.6 Å². The number of nitrogens with one attached hydrogen (secondary N) is 1. The van der Waals surface area contributed by atoms with Crippen LogP contribution in [0.25, 0.3) is 0 Å². The number of hydrogen-bond acceptors (Lipinski definition) is 6. The number of carbonyl (C=O) groups is 1. The van der Waals surface area contributed by atoms with Crippen molar-refractivity contribution in [3.05, 3.63) is 48.6 Å². The van der Waals surface area contributed by atoms with Crippen LogP contribution in [0.1, 0.15) is 155 Å². The first-order valence-corrected chi connectivity index (χ1v) is 21.5. The largest absolute Gasteiger partial charge is 0.756 e. The van der Waals surface area contributed by atoms with E-state index in [1.807, 2.05) is 27.2 Å². The molecule has 9 heteroatoms. The predicted molar refractivity (Wildman–Crippen MR) is 210 cm³/mol. The molecule has 0 aliphatic carbocycles. The summed E-state index contributed by atoms with van der Waals surface area (Å²) in [5.74, 6) is -0.218. The van der Waals surface area contributed by atoms with Gasteiger partial charge in [-0.1, -0.05) is 127 Å². The smallest absolute Gasteiger partial charge is 0.268 e. The van der Waals surface area contributed by atoms with Gasteiger partial charge in [0.05, 0.1) is 39.9 Å². The van der Waals surface area contributed by atoms with Crippen LogP contribution in [-0.2, 0) is 18.4 Å². The summed E-state index contributed by atoms with van der Waals surface area (Å²) in [7, 11) is 1.24. The third-order valence-electron chi connectivity index (χ3n) is 8.48. The van der Waals surface area contributed by atoms with Gasteiger partial charge in [0.1, 0.15) is 13.2 Å². The molecule has 292 valence electrons. The molecule has 50 heavy (non-hydrogen) atoms.